The Labute approximate surface area is 169 Å². The molecule has 4 aromatic rings. The Morgan fingerprint density at radius 2 is 1.83 bits per heavy atom. The summed E-state index contributed by atoms with van der Waals surface area (Å²) in [6.07, 6.45) is 3.97. The Kier molecular flexibility index (Phi) is 4.88. The molecular formula is C22H24N6O. The van der Waals surface area contributed by atoms with Crippen LogP contribution in [0.5, 0.6) is 0 Å². The van der Waals surface area contributed by atoms with Gasteiger partial charge in [0.25, 0.3) is 0 Å². The minimum Gasteiger partial charge on any atom is -0.448 e. The van der Waals surface area contributed by atoms with Crippen LogP contribution >= 0.6 is 0 Å². The van der Waals surface area contributed by atoms with Gasteiger partial charge in [0.1, 0.15) is 17.1 Å². The number of para-hydroxylation sites is 1. The van der Waals surface area contributed by atoms with Crippen LogP contribution in [0.1, 0.15) is 33.5 Å². The molecule has 7 heteroatoms. The van der Waals surface area contributed by atoms with E-state index in [1.165, 1.54) is 6.39 Å². The Hall–Kier alpha value is -3.48. The van der Waals surface area contributed by atoms with Crippen LogP contribution in [-0.4, -0.2) is 30.3 Å². The van der Waals surface area contributed by atoms with Gasteiger partial charge in [0.2, 0.25) is 5.82 Å². The molecule has 0 unspecified atom stereocenters. The zero-order valence-corrected chi connectivity index (χ0v) is 17.0. The Morgan fingerprint density at radius 1 is 1.03 bits per heavy atom. The fourth-order valence-corrected chi connectivity index (χ4v) is 3.06. The lowest BCUT2D eigenvalue weighted by Crippen LogP contribution is -2.26. The summed E-state index contributed by atoms with van der Waals surface area (Å²) in [5, 5.41) is 8.14. The molecular weight excluding hydrogens is 364 g/mol. The van der Waals surface area contributed by atoms with Gasteiger partial charge >= 0.3 is 0 Å². The van der Waals surface area contributed by atoms with E-state index < -0.39 is 0 Å². The first-order valence-corrected chi connectivity index (χ1v) is 9.64. The van der Waals surface area contributed by atoms with Gasteiger partial charge in [-0.15, -0.1) is 5.10 Å². The highest BCUT2D eigenvalue weighted by molar-refractivity contribution is 5.61. The zero-order valence-electron chi connectivity index (χ0n) is 17.0. The molecule has 0 aliphatic carbocycles. The first-order valence-electron chi connectivity index (χ1n) is 9.64. The summed E-state index contributed by atoms with van der Waals surface area (Å²) in [6.45, 7) is 8.36. The van der Waals surface area contributed by atoms with Gasteiger partial charge in [-0.1, -0.05) is 25.1 Å². The Morgan fingerprint density at radius 3 is 2.48 bits per heavy atom. The lowest BCUT2D eigenvalue weighted by atomic mass is 10.1. The average molecular weight is 388 g/mol. The fraction of sp³-hybridized carbons (Fsp3) is 0.273. The van der Waals surface area contributed by atoms with Crippen molar-refractivity contribution in [3.05, 3.63) is 60.8 Å². The molecule has 3 heterocycles. The predicted octanol–water partition coefficient (Wildman–Crippen LogP) is 4.76. The average Bonchev–Trinajstić information content (AvgIpc) is 3.34. The van der Waals surface area contributed by atoms with E-state index in [4.69, 9.17) is 14.5 Å². The number of benzene rings is 1. The maximum absolute atomic E-state index is 5.52. The van der Waals surface area contributed by atoms with Crippen molar-refractivity contribution >= 4 is 5.69 Å². The van der Waals surface area contributed by atoms with Gasteiger partial charge in [-0.05, 0) is 45.0 Å². The summed E-state index contributed by atoms with van der Waals surface area (Å²) in [7, 11) is 0. The van der Waals surface area contributed by atoms with E-state index >= 15 is 0 Å². The van der Waals surface area contributed by atoms with Crippen molar-refractivity contribution in [2.75, 3.05) is 5.32 Å². The summed E-state index contributed by atoms with van der Waals surface area (Å²) in [5.74, 6) is 1.95. The quantitative estimate of drug-likeness (QED) is 0.531. The van der Waals surface area contributed by atoms with Crippen LogP contribution in [0.4, 0.5) is 5.69 Å². The molecule has 1 N–H and O–H groups in total. The monoisotopic (exact) mass is 388 g/mol. The van der Waals surface area contributed by atoms with E-state index in [2.05, 4.69) is 36.1 Å². The molecule has 0 radical (unpaired) electrons. The SMILES string of the molecule is CCc1ocnc1-c1nc(-c2ccc(NC(C)(C)C)cn2)nn1-c1ccccc1. The van der Waals surface area contributed by atoms with Crippen LogP contribution in [-0.2, 0) is 6.42 Å². The molecule has 1 aromatic carbocycles. The number of pyridine rings is 1. The summed E-state index contributed by atoms with van der Waals surface area (Å²) < 4.78 is 7.31. The molecule has 0 atom stereocenters. The second-order valence-electron chi connectivity index (χ2n) is 7.79. The lowest BCUT2D eigenvalue weighted by Gasteiger charge is -2.21. The molecule has 0 saturated carbocycles. The number of hydrogen-bond acceptors (Lipinski definition) is 6. The molecule has 0 spiro atoms. The van der Waals surface area contributed by atoms with Crippen molar-refractivity contribution in [2.45, 2.75) is 39.7 Å². The maximum Gasteiger partial charge on any atom is 0.200 e. The van der Waals surface area contributed by atoms with Crippen molar-refractivity contribution in [3.63, 3.8) is 0 Å². The first kappa shape index (κ1) is 18.9. The van der Waals surface area contributed by atoms with Gasteiger partial charge < -0.3 is 9.73 Å². The second kappa shape index (κ2) is 7.50. The molecule has 0 fully saturated rings. The molecule has 4 rings (SSSR count). The summed E-state index contributed by atoms with van der Waals surface area (Å²) in [5.41, 5.74) is 3.21. The number of rotatable bonds is 5. The van der Waals surface area contributed by atoms with E-state index in [0.717, 1.165) is 23.6 Å². The maximum atomic E-state index is 5.52. The van der Waals surface area contributed by atoms with Crippen molar-refractivity contribution in [1.29, 1.82) is 0 Å². The van der Waals surface area contributed by atoms with Gasteiger partial charge in [0, 0.05) is 12.0 Å². The Bertz CT molecular complexity index is 1090. The van der Waals surface area contributed by atoms with Gasteiger partial charge in [-0.3, -0.25) is 4.98 Å². The highest BCUT2D eigenvalue weighted by Crippen LogP contribution is 2.27. The second-order valence-corrected chi connectivity index (χ2v) is 7.79. The van der Waals surface area contributed by atoms with Crippen molar-refractivity contribution in [2.24, 2.45) is 0 Å². The van der Waals surface area contributed by atoms with E-state index in [1.54, 1.807) is 10.9 Å². The number of hydrogen-bond donors (Lipinski definition) is 1. The van der Waals surface area contributed by atoms with Crippen LogP contribution in [0.2, 0.25) is 0 Å². The normalized spacial score (nSPS) is 11.6. The van der Waals surface area contributed by atoms with Crippen molar-refractivity contribution in [3.8, 4) is 28.7 Å². The number of aromatic nitrogens is 5. The molecule has 0 amide bonds. The van der Waals surface area contributed by atoms with Crippen molar-refractivity contribution < 1.29 is 4.42 Å². The number of oxazole rings is 1. The van der Waals surface area contributed by atoms with E-state index in [1.807, 2.05) is 49.4 Å². The molecule has 0 bridgehead atoms. The fourth-order valence-electron chi connectivity index (χ4n) is 3.06. The van der Waals surface area contributed by atoms with Gasteiger partial charge in [0.05, 0.1) is 17.6 Å². The zero-order chi connectivity index (χ0) is 20.4. The third-order valence-corrected chi connectivity index (χ3v) is 4.29. The van der Waals surface area contributed by atoms with Crippen LogP contribution in [0.25, 0.3) is 28.7 Å². The van der Waals surface area contributed by atoms with Crippen LogP contribution in [0.3, 0.4) is 0 Å². The molecule has 3 aromatic heterocycles. The highest BCUT2D eigenvalue weighted by atomic mass is 16.3. The minimum atomic E-state index is -0.0347. The van der Waals surface area contributed by atoms with Gasteiger partial charge in [-0.2, -0.15) is 0 Å². The third kappa shape index (κ3) is 4.03. The molecule has 29 heavy (non-hydrogen) atoms. The number of aryl methyl sites for hydroxylation is 1. The Balaban J connectivity index is 1.78. The molecule has 0 saturated heterocycles. The van der Waals surface area contributed by atoms with E-state index in [-0.39, 0.29) is 5.54 Å². The number of nitrogens with zero attached hydrogens (tertiary/aromatic N) is 5. The van der Waals surface area contributed by atoms with E-state index in [9.17, 15) is 0 Å². The van der Waals surface area contributed by atoms with Gasteiger partial charge in [-0.25, -0.2) is 14.6 Å². The molecule has 0 aliphatic heterocycles. The lowest BCUT2D eigenvalue weighted by molar-refractivity contribution is 0.510. The van der Waals surface area contributed by atoms with E-state index in [0.29, 0.717) is 23.0 Å². The molecule has 148 valence electrons. The standard InChI is InChI=1S/C22H24N6O/c1-5-18-19(24-14-29-18)21-25-20(27-28(21)16-9-7-6-8-10-16)17-12-11-15(13-23-17)26-22(2,3)4/h6-14,26H,5H2,1-4H3. The van der Waals surface area contributed by atoms with Crippen LogP contribution < -0.4 is 5.32 Å². The van der Waals surface area contributed by atoms with Gasteiger partial charge in [0.15, 0.2) is 12.2 Å². The topological polar surface area (TPSA) is 81.7 Å². The predicted molar refractivity (Wildman–Crippen MR) is 113 cm³/mol. The number of anilines is 1. The van der Waals surface area contributed by atoms with Crippen LogP contribution in [0, 0.1) is 0 Å². The number of nitrogens with one attached hydrogen (secondary N) is 1. The summed E-state index contributed by atoms with van der Waals surface area (Å²) >= 11 is 0. The van der Waals surface area contributed by atoms with Crippen LogP contribution in [0.15, 0.2) is 59.5 Å². The minimum absolute atomic E-state index is 0.0347. The summed E-state index contributed by atoms with van der Waals surface area (Å²) in [6, 6.07) is 13.8. The van der Waals surface area contributed by atoms with Crippen molar-refractivity contribution in [1.82, 2.24) is 24.7 Å². The first-order chi connectivity index (χ1) is 13.9. The molecule has 7 nitrogen and oxygen atoms in total. The molecule has 0 aliphatic rings. The smallest absolute Gasteiger partial charge is 0.200 e. The summed E-state index contributed by atoms with van der Waals surface area (Å²) in [4.78, 5) is 13.7. The largest absolute Gasteiger partial charge is 0.448 e. The third-order valence-electron chi connectivity index (χ3n) is 4.29. The highest BCUT2D eigenvalue weighted by Gasteiger charge is 2.21.